The zero-order valence-electron chi connectivity index (χ0n) is 10.5. The summed E-state index contributed by atoms with van der Waals surface area (Å²) in [6.45, 7) is 4.30. The number of nitrogens with zero attached hydrogens (tertiary/aromatic N) is 1. The third kappa shape index (κ3) is 5.11. The fraction of sp³-hybridized carbons (Fsp3) is 0.818. The molecule has 5 nitrogen and oxygen atoms in total. The topological polar surface area (TPSA) is 69.6 Å². The van der Waals surface area contributed by atoms with Crippen LogP contribution in [0.1, 0.15) is 26.7 Å². The normalized spacial score (nSPS) is 14.6. The fourth-order valence-corrected chi connectivity index (χ4v) is 1.06. The van der Waals surface area contributed by atoms with Crippen LogP contribution in [0.25, 0.3) is 0 Å². The van der Waals surface area contributed by atoms with Gasteiger partial charge >= 0.3 is 5.97 Å². The number of carbonyl (C=O) groups is 2. The zero-order chi connectivity index (χ0) is 12.8. The molecule has 0 aromatic carbocycles. The summed E-state index contributed by atoms with van der Waals surface area (Å²) < 4.78 is 0. The maximum atomic E-state index is 11.4. The third-order valence-corrected chi connectivity index (χ3v) is 2.76. The van der Waals surface area contributed by atoms with E-state index in [1.54, 1.807) is 13.8 Å². The van der Waals surface area contributed by atoms with Crippen LogP contribution in [0.5, 0.6) is 0 Å². The molecule has 94 valence electrons. The zero-order valence-corrected chi connectivity index (χ0v) is 10.5. The van der Waals surface area contributed by atoms with Crippen LogP contribution in [-0.2, 0) is 9.59 Å². The van der Waals surface area contributed by atoms with Crippen LogP contribution in [-0.4, -0.2) is 49.1 Å². The van der Waals surface area contributed by atoms with Crippen LogP contribution in [0.15, 0.2) is 0 Å². The van der Waals surface area contributed by atoms with E-state index in [2.05, 4.69) is 5.32 Å². The smallest absolute Gasteiger partial charge is 0.311 e. The third-order valence-electron chi connectivity index (χ3n) is 2.76. The lowest BCUT2D eigenvalue weighted by molar-refractivity contribution is -0.148. The number of hydrogen-bond acceptors (Lipinski definition) is 3. The number of hydrogen-bond donors (Lipinski definition) is 2. The highest BCUT2D eigenvalue weighted by atomic mass is 16.4. The number of nitrogens with one attached hydrogen (secondary N) is 1. The molecule has 0 spiro atoms. The second kappa shape index (κ2) is 6.48. The second-order valence-corrected chi connectivity index (χ2v) is 4.55. The number of amides is 1. The SMILES string of the molecule is CCC(C)(CNC(=O)CCN(C)C)C(=O)O. The minimum atomic E-state index is -0.872. The van der Waals surface area contributed by atoms with Crippen molar-refractivity contribution in [1.82, 2.24) is 10.2 Å². The first-order chi connectivity index (χ1) is 7.31. The molecule has 0 saturated heterocycles. The van der Waals surface area contributed by atoms with E-state index in [0.29, 0.717) is 19.4 Å². The van der Waals surface area contributed by atoms with Gasteiger partial charge in [-0.2, -0.15) is 0 Å². The lowest BCUT2D eigenvalue weighted by atomic mass is 9.88. The Kier molecular flexibility index (Phi) is 6.03. The Balaban J connectivity index is 4.03. The summed E-state index contributed by atoms with van der Waals surface area (Å²) in [4.78, 5) is 24.3. The van der Waals surface area contributed by atoms with E-state index < -0.39 is 11.4 Å². The van der Waals surface area contributed by atoms with Crippen molar-refractivity contribution in [1.29, 1.82) is 0 Å². The molecule has 0 aliphatic rings. The largest absolute Gasteiger partial charge is 0.481 e. The molecular weight excluding hydrogens is 208 g/mol. The van der Waals surface area contributed by atoms with Gasteiger partial charge in [0.15, 0.2) is 0 Å². The Labute approximate surface area is 96.8 Å². The molecule has 0 heterocycles. The van der Waals surface area contributed by atoms with Crippen LogP contribution in [0.4, 0.5) is 0 Å². The summed E-state index contributed by atoms with van der Waals surface area (Å²) in [6.07, 6.45) is 0.892. The standard InChI is InChI=1S/C11H22N2O3/c1-5-11(2,10(15)16)8-12-9(14)6-7-13(3)4/h5-8H2,1-4H3,(H,12,14)(H,15,16). The van der Waals surface area contributed by atoms with Crippen LogP contribution in [0.2, 0.25) is 0 Å². The lowest BCUT2D eigenvalue weighted by Gasteiger charge is -2.23. The van der Waals surface area contributed by atoms with Crippen molar-refractivity contribution in [2.24, 2.45) is 5.41 Å². The predicted octanol–water partition coefficient (Wildman–Crippen LogP) is 0.555. The molecule has 16 heavy (non-hydrogen) atoms. The van der Waals surface area contributed by atoms with Gasteiger partial charge in [0.05, 0.1) is 5.41 Å². The molecule has 0 bridgehead atoms. The highest BCUT2D eigenvalue weighted by Gasteiger charge is 2.31. The summed E-state index contributed by atoms with van der Waals surface area (Å²) in [5, 5.41) is 11.7. The molecule has 0 aromatic heterocycles. The molecule has 0 radical (unpaired) electrons. The van der Waals surface area contributed by atoms with Gasteiger partial charge in [0.25, 0.3) is 0 Å². The van der Waals surface area contributed by atoms with Gasteiger partial charge in [-0.05, 0) is 27.4 Å². The average Bonchev–Trinajstić information content (AvgIpc) is 2.22. The van der Waals surface area contributed by atoms with Crippen molar-refractivity contribution in [2.75, 3.05) is 27.2 Å². The average molecular weight is 230 g/mol. The van der Waals surface area contributed by atoms with E-state index in [1.807, 2.05) is 19.0 Å². The Hall–Kier alpha value is -1.10. The number of aliphatic carboxylic acids is 1. The van der Waals surface area contributed by atoms with Gasteiger partial charge in [-0.1, -0.05) is 6.92 Å². The van der Waals surface area contributed by atoms with Crippen molar-refractivity contribution in [3.63, 3.8) is 0 Å². The molecule has 0 saturated carbocycles. The highest BCUT2D eigenvalue weighted by molar-refractivity contribution is 5.78. The molecule has 1 atom stereocenters. The Bertz CT molecular complexity index is 254. The summed E-state index contributed by atoms with van der Waals surface area (Å²) in [7, 11) is 3.78. The van der Waals surface area contributed by atoms with Gasteiger partial charge in [0.2, 0.25) is 5.91 Å². The molecule has 0 aliphatic carbocycles. The lowest BCUT2D eigenvalue weighted by Crippen LogP contribution is -2.41. The van der Waals surface area contributed by atoms with Crippen LogP contribution < -0.4 is 5.32 Å². The van der Waals surface area contributed by atoms with Crippen LogP contribution in [0.3, 0.4) is 0 Å². The molecule has 0 rings (SSSR count). The minimum Gasteiger partial charge on any atom is -0.481 e. The molecule has 0 fully saturated rings. The van der Waals surface area contributed by atoms with Crippen molar-refractivity contribution >= 4 is 11.9 Å². The molecular formula is C11H22N2O3. The van der Waals surface area contributed by atoms with Gasteiger partial charge in [-0.15, -0.1) is 0 Å². The summed E-state index contributed by atoms with van der Waals surface area (Å²) >= 11 is 0. The van der Waals surface area contributed by atoms with Crippen LogP contribution in [0, 0.1) is 5.41 Å². The Morgan fingerprint density at radius 3 is 2.31 bits per heavy atom. The second-order valence-electron chi connectivity index (χ2n) is 4.55. The van der Waals surface area contributed by atoms with Gasteiger partial charge in [0, 0.05) is 19.5 Å². The predicted molar refractivity (Wildman–Crippen MR) is 62.2 cm³/mol. The number of rotatable bonds is 7. The van der Waals surface area contributed by atoms with Gasteiger partial charge in [0.1, 0.15) is 0 Å². The molecule has 2 N–H and O–H groups in total. The van der Waals surface area contributed by atoms with E-state index in [4.69, 9.17) is 5.11 Å². The summed E-state index contributed by atoms with van der Waals surface area (Å²) in [5.74, 6) is -0.975. The van der Waals surface area contributed by atoms with Crippen molar-refractivity contribution in [3.8, 4) is 0 Å². The quantitative estimate of drug-likeness (QED) is 0.670. The highest BCUT2D eigenvalue weighted by Crippen LogP contribution is 2.19. The minimum absolute atomic E-state index is 0.102. The van der Waals surface area contributed by atoms with E-state index in [1.165, 1.54) is 0 Å². The first-order valence-electron chi connectivity index (χ1n) is 5.46. The number of carbonyl (C=O) groups excluding carboxylic acids is 1. The molecule has 0 aromatic rings. The van der Waals surface area contributed by atoms with Crippen molar-refractivity contribution in [3.05, 3.63) is 0 Å². The van der Waals surface area contributed by atoms with Crippen molar-refractivity contribution < 1.29 is 14.7 Å². The van der Waals surface area contributed by atoms with E-state index >= 15 is 0 Å². The van der Waals surface area contributed by atoms with Crippen molar-refractivity contribution in [2.45, 2.75) is 26.7 Å². The van der Waals surface area contributed by atoms with E-state index in [0.717, 1.165) is 0 Å². The maximum Gasteiger partial charge on any atom is 0.311 e. The Morgan fingerprint density at radius 2 is 1.94 bits per heavy atom. The number of carboxylic acids is 1. The van der Waals surface area contributed by atoms with E-state index in [9.17, 15) is 9.59 Å². The van der Waals surface area contributed by atoms with Crippen LogP contribution >= 0.6 is 0 Å². The Morgan fingerprint density at radius 1 is 1.38 bits per heavy atom. The molecule has 1 amide bonds. The monoisotopic (exact) mass is 230 g/mol. The van der Waals surface area contributed by atoms with Gasteiger partial charge < -0.3 is 15.3 Å². The van der Waals surface area contributed by atoms with Gasteiger partial charge in [-0.3, -0.25) is 9.59 Å². The molecule has 0 aliphatic heterocycles. The van der Waals surface area contributed by atoms with Gasteiger partial charge in [-0.25, -0.2) is 0 Å². The fourth-order valence-electron chi connectivity index (χ4n) is 1.06. The summed E-state index contributed by atoms with van der Waals surface area (Å²) in [6, 6.07) is 0. The number of carboxylic acid groups (broad SMARTS) is 1. The first kappa shape index (κ1) is 14.9. The maximum absolute atomic E-state index is 11.4. The summed E-state index contributed by atoms with van der Waals surface area (Å²) in [5.41, 5.74) is -0.867. The molecule has 5 heteroatoms. The van der Waals surface area contributed by atoms with E-state index in [-0.39, 0.29) is 12.5 Å². The first-order valence-corrected chi connectivity index (χ1v) is 5.46. The molecule has 1 unspecified atom stereocenters.